The molecule has 0 radical (unpaired) electrons. The smallest absolute Gasteiger partial charge is 0.119 e. The Bertz CT molecular complexity index is 810. The molecule has 1 saturated heterocycles. The number of rotatable bonds is 8. The van der Waals surface area contributed by atoms with Gasteiger partial charge < -0.3 is 19.9 Å². The Morgan fingerprint density at radius 1 is 1.31 bits per heavy atom. The number of hydrogen-bond donors (Lipinski definition) is 2. The van der Waals surface area contributed by atoms with Crippen LogP contribution >= 0.6 is 11.6 Å². The second-order valence-electron chi connectivity index (χ2n) is 7.26. The molecule has 5 nitrogen and oxygen atoms in total. The van der Waals surface area contributed by atoms with Crippen molar-refractivity contribution < 1.29 is 14.6 Å². The van der Waals surface area contributed by atoms with Crippen molar-refractivity contribution in [1.29, 1.82) is 0 Å². The van der Waals surface area contributed by atoms with Crippen molar-refractivity contribution in [3.63, 3.8) is 0 Å². The predicted molar refractivity (Wildman–Crippen MR) is 117 cm³/mol. The summed E-state index contributed by atoms with van der Waals surface area (Å²) in [6.07, 6.45) is 1.38. The average Bonchev–Trinajstić information content (AvgIpc) is 2.73. The molecule has 0 bridgehead atoms. The minimum Gasteiger partial charge on any atom is -0.501 e. The van der Waals surface area contributed by atoms with Crippen molar-refractivity contribution >= 4 is 17.7 Å². The Labute approximate surface area is 177 Å². The Morgan fingerprint density at radius 3 is 2.83 bits per heavy atom. The van der Waals surface area contributed by atoms with Gasteiger partial charge in [-0.15, -0.1) is 0 Å². The van der Waals surface area contributed by atoms with Crippen LogP contribution in [0.25, 0.3) is 6.08 Å². The van der Waals surface area contributed by atoms with E-state index in [1.165, 1.54) is 0 Å². The summed E-state index contributed by atoms with van der Waals surface area (Å²) in [4.78, 5) is 2.29. The molecule has 29 heavy (non-hydrogen) atoms. The molecule has 156 valence electrons. The monoisotopic (exact) mass is 416 g/mol. The quantitative estimate of drug-likeness (QED) is 0.642. The molecule has 1 fully saturated rings. The summed E-state index contributed by atoms with van der Waals surface area (Å²) in [6.45, 7) is 5.32. The summed E-state index contributed by atoms with van der Waals surface area (Å²) in [5.74, 6) is 1.59. The van der Waals surface area contributed by atoms with Crippen LogP contribution in [0.15, 0.2) is 54.3 Å². The van der Waals surface area contributed by atoms with E-state index in [4.69, 9.17) is 21.1 Å². The van der Waals surface area contributed by atoms with Crippen LogP contribution in [0.1, 0.15) is 24.1 Å². The molecule has 6 heteroatoms. The van der Waals surface area contributed by atoms with E-state index in [0.29, 0.717) is 6.54 Å². The van der Waals surface area contributed by atoms with Crippen molar-refractivity contribution in [2.45, 2.75) is 19.1 Å². The van der Waals surface area contributed by atoms with Crippen LogP contribution in [0.5, 0.6) is 5.75 Å². The molecule has 1 aliphatic heterocycles. The number of aliphatic hydroxyl groups excluding tert-OH is 1. The number of allylic oxidation sites excluding steroid dienone is 1. The molecule has 2 unspecified atom stereocenters. The maximum absolute atomic E-state index is 10.5. The first-order valence-corrected chi connectivity index (χ1v) is 10.3. The van der Waals surface area contributed by atoms with E-state index in [-0.39, 0.29) is 12.6 Å². The highest BCUT2D eigenvalue weighted by Crippen LogP contribution is 2.25. The largest absolute Gasteiger partial charge is 0.501 e. The van der Waals surface area contributed by atoms with Gasteiger partial charge in [0.05, 0.1) is 12.9 Å². The number of piperazine rings is 1. The Kier molecular flexibility index (Phi) is 7.95. The summed E-state index contributed by atoms with van der Waals surface area (Å²) in [6, 6.07) is 15.9. The number of aliphatic hydroxyl groups is 1. The highest BCUT2D eigenvalue weighted by atomic mass is 35.5. The highest BCUT2D eigenvalue weighted by molar-refractivity contribution is 6.30. The number of ether oxygens (including phenoxy) is 2. The van der Waals surface area contributed by atoms with Gasteiger partial charge in [-0.2, -0.15) is 0 Å². The highest BCUT2D eigenvalue weighted by Gasteiger charge is 2.25. The minimum absolute atomic E-state index is 0.187. The molecule has 0 aliphatic carbocycles. The number of benzene rings is 2. The first kappa shape index (κ1) is 21.7. The lowest BCUT2D eigenvalue weighted by Crippen LogP contribution is -2.49. The van der Waals surface area contributed by atoms with E-state index in [2.05, 4.69) is 16.3 Å². The first-order chi connectivity index (χ1) is 14.0. The molecular weight excluding hydrogens is 388 g/mol. The Balaban J connectivity index is 1.54. The van der Waals surface area contributed by atoms with Crippen LogP contribution < -0.4 is 10.1 Å². The van der Waals surface area contributed by atoms with Gasteiger partial charge in [-0.1, -0.05) is 35.9 Å². The van der Waals surface area contributed by atoms with Crippen LogP contribution in [0.4, 0.5) is 0 Å². The van der Waals surface area contributed by atoms with Gasteiger partial charge in [0.25, 0.3) is 0 Å². The fourth-order valence-corrected chi connectivity index (χ4v) is 3.68. The van der Waals surface area contributed by atoms with Gasteiger partial charge in [0.1, 0.15) is 18.5 Å². The third kappa shape index (κ3) is 6.47. The number of methoxy groups -OCH3 is 1. The number of hydrogen-bond acceptors (Lipinski definition) is 5. The molecule has 0 aromatic heterocycles. The molecule has 0 spiro atoms. The number of nitrogens with zero attached hydrogens (tertiary/aromatic N) is 1. The summed E-state index contributed by atoms with van der Waals surface area (Å²) in [5, 5.41) is 14.7. The first-order valence-electron chi connectivity index (χ1n) is 9.88. The zero-order valence-electron chi connectivity index (χ0n) is 17.0. The lowest BCUT2D eigenvalue weighted by molar-refractivity contribution is 0.0436. The van der Waals surface area contributed by atoms with E-state index in [9.17, 15) is 5.11 Å². The van der Waals surface area contributed by atoms with Crippen molar-refractivity contribution in [1.82, 2.24) is 10.2 Å². The van der Waals surface area contributed by atoms with Crippen LogP contribution in [0, 0.1) is 0 Å². The zero-order chi connectivity index (χ0) is 20.6. The summed E-state index contributed by atoms with van der Waals surface area (Å²) < 4.78 is 11.0. The second kappa shape index (κ2) is 10.6. The minimum atomic E-state index is -0.579. The zero-order valence-corrected chi connectivity index (χ0v) is 17.7. The van der Waals surface area contributed by atoms with Crippen LogP contribution in [-0.2, 0) is 4.74 Å². The Hall–Kier alpha value is -2.05. The van der Waals surface area contributed by atoms with E-state index < -0.39 is 6.10 Å². The van der Waals surface area contributed by atoms with E-state index in [1.807, 2.05) is 55.5 Å². The van der Waals surface area contributed by atoms with Gasteiger partial charge in [-0.05, 0) is 48.4 Å². The third-order valence-electron chi connectivity index (χ3n) is 5.05. The van der Waals surface area contributed by atoms with Crippen molar-refractivity contribution in [3.05, 3.63) is 70.4 Å². The number of halogens is 1. The number of β-amino-alcohol motifs (C(OH)–C–C–N with tert-alkyl or cyclic N) is 1. The van der Waals surface area contributed by atoms with Gasteiger partial charge in [0.15, 0.2) is 0 Å². The molecule has 2 N–H and O–H groups in total. The van der Waals surface area contributed by atoms with Gasteiger partial charge in [0.2, 0.25) is 0 Å². The lowest BCUT2D eigenvalue weighted by Gasteiger charge is -2.37. The van der Waals surface area contributed by atoms with Crippen LogP contribution in [0.3, 0.4) is 0 Å². The fraction of sp³-hybridized carbons (Fsp3) is 0.391. The molecule has 3 rings (SSSR count). The summed E-state index contributed by atoms with van der Waals surface area (Å²) in [7, 11) is 1.65. The van der Waals surface area contributed by atoms with Crippen molar-refractivity contribution in [3.8, 4) is 5.75 Å². The molecule has 0 saturated carbocycles. The van der Waals surface area contributed by atoms with Crippen molar-refractivity contribution in [2.24, 2.45) is 0 Å². The van der Waals surface area contributed by atoms with Gasteiger partial charge in [-0.3, -0.25) is 4.90 Å². The van der Waals surface area contributed by atoms with E-state index >= 15 is 0 Å². The fourth-order valence-electron chi connectivity index (χ4n) is 3.48. The molecule has 2 atom stereocenters. The molecular formula is C23H29ClN2O3. The maximum Gasteiger partial charge on any atom is 0.119 e. The molecule has 0 amide bonds. The summed E-state index contributed by atoms with van der Waals surface area (Å²) >= 11 is 6.16. The average molecular weight is 417 g/mol. The lowest BCUT2D eigenvalue weighted by atomic mass is 10.0. The van der Waals surface area contributed by atoms with E-state index in [1.54, 1.807) is 7.11 Å². The third-order valence-corrected chi connectivity index (χ3v) is 5.28. The SMILES string of the molecule is CO/C(C)=C/c1ccc(OCC(O)CN2CCNCC2c2cccc(Cl)c2)cc1. The summed E-state index contributed by atoms with van der Waals surface area (Å²) in [5.41, 5.74) is 2.20. The predicted octanol–water partition coefficient (Wildman–Crippen LogP) is 3.73. The van der Waals surface area contributed by atoms with Crippen molar-refractivity contribution in [2.75, 3.05) is 39.9 Å². The number of nitrogens with one attached hydrogen (secondary N) is 1. The molecule has 2 aromatic rings. The molecule has 1 heterocycles. The standard InChI is InChI=1S/C23H29ClN2O3/c1-17(28-2)12-18-6-8-22(9-7-18)29-16-21(27)15-26-11-10-25-14-23(26)19-4-3-5-20(24)13-19/h3-9,12-13,21,23,25,27H,10-11,14-16H2,1-2H3/b17-12+. The molecule has 1 aliphatic rings. The normalized spacial score (nSPS) is 19.0. The second-order valence-corrected chi connectivity index (χ2v) is 7.70. The van der Waals surface area contributed by atoms with Gasteiger partial charge in [-0.25, -0.2) is 0 Å². The van der Waals surface area contributed by atoms with Crippen LogP contribution in [-0.4, -0.2) is 56.0 Å². The topological polar surface area (TPSA) is 54.0 Å². The van der Waals surface area contributed by atoms with Crippen LogP contribution in [0.2, 0.25) is 5.02 Å². The van der Waals surface area contributed by atoms with E-state index in [0.717, 1.165) is 47.3 Å². The maximum atomic E-state index is 10.5. The van der Waals surface area contributed by atoms with Gasteiger partial charge in [0, 0.05) is 37.2 Å². The Morgan fingerprint density at radius 2 is 2.10 bits per heavy atom. The molecule has 2 aromatic carbocycles. The van der Waals surface area contributed by atoms with Gasteiger partial charge >= 0.3 is 0 Å².